The molecule has 0 aliphatic carbocycles. The molecule has 14 nitrogen and oxygen atoms in total. The van der Waals surface area contributed by atoms with E-state index < -0.39 is 47.9 Å². The topological polar surface area (TPSA) is 251 Å². The van der Waals surface area contributed by atoms with E-state index in [4.69, 9.17) is 17.2 Å². The molecule has 0 fully saturated rings. The number of phenolic OH excluding ortho intramolecular Hbond substituents is 1. The first-order valence-corrected chi connectivity index (χ1v) is 15.8. The number of para-hydroxylation sites is 1. The van der Waals surface area contributed by atoms with Gasteiger partial charge in [-0.1, -0.05) is 60.7 Å². The van der Waals surface area contributed by atoms with E-state index in [-0.39, 0.29) is 50.4 Å². The molecule has 3 amide bonds. The minimum Gasteiger partial charge on any atom is -0.508 e. The fraction of sp³-hybridized carbons (Fsp3) is 0.286. The quantitative estimate of drug-likeness (QED) is 0.0437. The predicted molar refractivity (Wildman–Crippen MR) is 185 cm³/mol. The Bertz CT molecular complexity index is 1750. The van der Waals surface area contributed by atoms with E-state index >= 15 is 0 Å². The second-order valence-electron chi connectivity index (χ2n) is 11.7. The summed E-state index contributed by atoms with van der Waals surface area (Å²) in [5, 5.41) is 28.4. The highest BCUT2D eigenvalue weighted by Crippen LogP contribution is 2.19. The average molecular weight is 671 g/mol. The van der Waals surface area contributed by atoms with Gasteiger partial charge in [0.25, 0.3) is 0 Å². The molecule has 0 aliphatic heterocycles. The number of rotatable bonds is 17. The lowest BCUT2D eigenvalue weighted by Gasteiger charge is -2.25. The summed E-state index contributed by atoms with van der Waals surface area (Å²) in [6, 6.07) is 17.9. The molecule has 49 heavy (non-hydrogen) atoms. The monoisotopic (exact) mass is 670 g/mol. The summed E-state index contributed by atoms with van der Waals surface area (Å²) in [7, 11) is 0. The van der Waals surface area contributed by atoms with Gasteiger partial charge in [0.2, 0.25) is 17.7 Å². The number of hydrogen-bond donors (Lipinski definition) is 9. The van der Waals surface area contributed by atoms with Gasteiger partial charge in [0.15, 0.2) is 5.96 Å². The van der Waals surface area contributed by atoms with Crippen molar-refractivity contribution < 1.29 is 29.4 Å². The van der Waals surface area contributed by atoms with Gasteiger partial charge in [-0.05, 0) is 54.2 Å². The number of aromatic hydroxyl groups is 1. The van der Waals surface area contributed by atoms with Gasteiger partial charge in [0.1, 0.15) is 23.9 Å². The number of amides is 3. The molecule has 3 aromatic carbocycles. The van der Waals surface area contributed by atoms with Gasteiger partial charge in [-0.2, -0.15) is 0 Å². The molecule has 1 heterocycles. The third kappa shape index (κ3) is 10.8. The fourth-order valence-corrected chi connectivity index (χ4v) is 5.35. The van der Waals surface area contributed by atoms with Crippen LogP contribution in [0.25, 0.3) is 10.9 Å². The maximum Gasteiger partial charge on any atom is 0.326 e. The van der Waals surface area contributed by atoms with Gasteiger partial charge < -0.3 is 48.3 Å². The van der Waals surface area contributed by atoms with Crippen LogP contribution in [0.5, 0.6) is 5.75 Å². The van der Waals surface area contributed by atoms with E-state index in [0.717, 1.165) is 22.0 Å². The first kappa shape index (κ1) is 36.0. The fourth-order valence-electron chi connectivity index (χ4n) is 5.35. The summed E-state index contributed by atoms with van der Waals surface area (Å²) >= 11 is 0. The molecule has 4 atom stereocenters. The third-order valence-electron chi connectivity index (χ3n) is 7.94. The second-order valence-corrected chi connectivity index (χ2v) is 11.7. The Balaban J connectivity index is 1.51. The van der Waals surface area contributed by atoms with E-state index in [9.17, 15) is 29.4 Å². The van der Waals surface area contributed by atoms with Crippen LogP contribution in [0.3, 0.4) is 0 Å². The van der Waals surface area contributed by atoms with Gasteiger partial charge in [0, 0.05) is 36.5 Å². The number of hydrogen-bond acceptors (Lipinski definition) is 7. The highest BCUT2D eigenvalue weighted by Gasteiger charge is 2.31. The smallest absolute Gasteiger partial charge is 0.326 e. The molecule has 1 aromatic heterocycles. The Labute approximate surface area is 283 Å². The molecular weight excluding hydrogens is 628 g/mol. The van der Waals surface area contributed by atoms with E-state index in [0.29, 0.717) is 5.56 Å². The van der Waals surface area contributed by atoms with Gasteiger partial charge in [-0.3, -0.25) is 19.4 Å². The molecule has 0 bridgehead atoms. The lowest BCUT2D eigenvalue weighted by Crippen LogP contribution is -2.58. The van der Waals surface area contributed by atoms with Crippen LogP contribution in [-0.4, -0.2) is 75.6 Å². The van der Waals surface area contributed by atoms with Crippen LogP contribution in [0.15, 0.2) is 90.1 Å². The number of phenols is 1. The molecule has 0 radical (unpaired) electrons. The zero-order chi connectivity index (χ0) is 35.3. The van der Waals surface area contributed by atoms with Crippen LogP contribution >= 0.6 is 0 Å². The lowest BCUT2D eigenvalue weighted by molar-refractivity contribution is -0.142. The van der Waals surface area contributed by atoms with E-state index in [1.807, 2.05) is 30.3 Å². The van der Waals surface area contributed by atoms with Crippen molar-refractivity contribution in [2.45, 2.75) is 56.3 Å². The number of aromatic nitrogens is 1. The number of aliphatic imine (C=N–C) groups is 1. The molecule has 0 saturated heterocycles. The van der Waals surface area contributed by atoms with Crippen molar-refractivity contribution in [1.29, 1.82) is 0 Å². The maximum atomic E-state index is 13.8. The zero-order valence-corrected chi connectivity index (χ0v) is 26.8. The highest BCUT2D eigenvalue weighted by atomic mass is 16.4. The molecule has 0 aliphatic rings. The number of benzene rings is 3. The highest BCUT2D eigenvalue weighted by molar-refractivity contribution is 5.94. The second kappa shape index (κ2) is 17.3. The predicted octanol–water partition coefficient (Wildman–Crippen LogP) is 0.821. The number of nitrogens with one attached hydrogen (secondary N) is 4. The van der Waals surface area contributed by atoms with Crippen molar-refractivity contribution in [1.82, 2.24) is 20.9 Å². The number of fused-ring (bicyclic) bond motifs is 1. The SMILES string of the molecule is NC(N)=NCCCC(NC(=O)C(Cc1ccccc1)NC(=O)C(N)Cc1c[nH]c2ccccc12)C(=O)NC(Cc1ccc(O)cc1)C(=O)O. The standard InChI is InChI=1S/C35H42N8O6/c36-26(19-23-20-40-27-10-5-4-9-25(23)27)31(45)42-29(17-21-7-2-1-3-8-21)33(47)41-28(11-6-16-39-35(37)38)32(46)43-30(34(48)49)18-22-12-14-24(44)15-13-22/h1-5,7-10,12-15,20,26,28-30,40,44H,6,11,16-19,36H2,(H,41,47)(H,42,45)(H,43,46)(H,48,49)(H4,37,38,39). The summed E-state index contributed by atoms with van der Waals surface area (Å²) in [4.78, 5) is 60.0. The summed E-state index contributed by atoms with van der Waals surface area (Å²) in [5.41, 5.74) is 20.3. The summed E-state index contributed by atoms with van der Waals surface area (Å²) in [5.74, 6) is -3.38. The zero-order valence-electron chi connectivity index (χ0n) is 26.8. The molecule has 0 spiro atoms. The van der Waals surface area contributed by atoms with Crippen LogP contribution in [-0.2, 0) is 38.4 Å². The number of carbonyl (C=O) groups excluding carboxylic acids is 3. The molecule has 258 valence electrons. The summed E-state index contributed by atoms with van der Waals surface area (Å²) in [6.07, 6.45) is 2.37. The van der Waals surface area contributed by atoms with Crippen molar-refractivity contribution in [2.75, 3.05) is 6.54 Å². The molecule has 4 rings (SSSR count). The van der Waals surface area contributed by atoms with Crippen molar-refractivity contribution in [3.05, 3.63) is 102 Å². The number of H-pyrrole nitrogens is 1. The van der Waals surface area contributed by atoms with Crippen molar-refractivity contribution in [3.8, 4) is 5.75 Å². The molecule has 14 heteroatoms. The Morgan fingerprint density at radius 3 is 2.02 bits per heavy atom. The first-order valence-electron chi connectivity index (χ1n) is 15.8. The third-order valence-corrected chi connectivity index (χ3v) is 7.94. The normalized spacial score (nSPS) is 13.4. The number of carboxylic acid groups (broad SMARTS) is 1. The van der Waals surface area contributed by atoms with Gasteiger partial charge in [0.05, 0.1) is 6.04 Å². The largest absolute Gasteiger partial charge is 0.508 e. The summed E-state index contributed by atoms with van der Waals surface area (Å²) in [6.45, 7) is 0.157. The minimum absolute atomic E-state index is 0.0132. The summed E-state index contributed by atoms with van der Waals surface area (Å²) < 4.78 is 0. The average Bonchev–Trinajstić information content (AvgIpc) is 3.49. The molecule has 4 aromatic rings. The number of carboxylic acids is 1. The van der Waals surface area contributed by atoms with Gasteiger partial charge >= 0.3 is 5.97 Å². The van der Waals surface area contributed by atoms with Crippen molar-refractivity contribution in [2.24, 2.45) is 22.2 Å². The Morgan fingerprint density at radius 2 is 1.33 bits per heavy atom. The van der Waals surface area contributed by atoms with Crippen LogP contribution in [0.4, 0.5) is 0 Å². The number of nitrogens with two attached hydrogens (primary N) is 3. The van der Waals surface area contributed by atoms with Crippen molar-refractivity contribution >= 4 is 40.6 Å². The van der Waals surface area contributed by atoms with Crippen LogP contribution in [0, 0.1) is 0 Å². The maximum absolute atomic E-state index is 13.8. The van der Waals surface area contributed by atoms with E-state index in [1.54, 1.807) is 42.6 Å². The first-order chi connectivity index (χ1) is 23.5. The van der Waals surface area contributed by atoms with Gasteiger partial charge in [-0.25, -0.2) is 4.79 Å². The lowest BCUT2D eigenvalue weighted by atomic mass is 10.0. The number of guanidine groups is 1. The number of carbonyl (C=O) groups is 4. The number of aliphatic carboxylic acids is 1. The van der Waals surface area contributed by atoms with Crippen LogP contribution in [0.1, 0.15) is 29.5 Å². The Hall–Kier alpha value is -5.89. The Kier molecular flexibility index (Phi) is 12.7. The van der Waals surface area contributed by atoms with Gasteiger partial charge in [-0.15, -0.1) is 0 Å². The van der Waals surface area contributed by atoms with Crippen molar-refractivity contribution in [3.63, 3.8) is 0 Å². The molecular formula is C35H42N8O6. The molecule has 12 N–H and O–H groups in total. The van der Waals surface area contributed by atoms with E-state index in [2.05, 4.69) is 25.9 Å². The molecule has 4 unspecified atom stereocenters. The van der Waals surface area contributed by atoms with Crippen LogP contribution in [0.2, 0.25) is 0 Å². The Morgan fingerprint density at radius 1 is 0.735 bits per heavy atom. The minimum atomic E-state index is -1.34. The van der Waals surface area contributed by atoms with E-state index in [1.165, 1.54) is 12.1 Å². The number of aromatic amines is 1. The number of nitrogens with zero attached hydrogens (tertiary/aromatic N) is 1. The molecule has 0 saturated carbocycles. The van der Waals surface area contributed by atoms with Crippen LogP contribution < -0.4 is 33.2 Å².